The van der Waals surface area contributed by atoms with E-state index in [4.69, 9.17) is 29.7 Å². The molecule has 0 radical (unpaired) electrons. The van der Waals surface area contributed by atoms with Gasteiger partial charge in [0.2, 0.25) is 5.79 Å². The van der Waals surface area contributed by atoms with Gasteiger partial charge in [0.1, 0.15) is 30.1 Å². The van der Waals surface area contributed by atoms with Crippen molar-refractivity contribution in [1.82, 2.24) is 4.90 Å². The number of methoxy groups -OCH3 is 2. The number of ketones is 2. The summed E-state index contributed by atoms with van der Waals surface area (Å²) in [6.07, 6.45) is 6.20. The van der Waals surface area contributed by atoms with Crippen molar-refractivity contribution in [3.8, 4) is 5.75 Å². The first-order chi connectivity index (χ1) is 34.9. The summed E-state index contributed by atoms with van der Waals surface area (Å²) < 4.78 is 67.5. The van der Waals surface area contributed by atoms with Crippen molar-refractivity contribution in [1.29, 1.82) is 0 Å². The van der Waals surface area contributed by atoms with Gasteiger partial charge in [-0.05, 0) is 132 Å². The van der Waals surface area contributed by atoms with Crippen LogP contribution in [0.2, 0.25) is 0 Å². The monoisotopic (exact) mass is 1040 g/mol. The summed E-state index contributed by atoms with van der Waals surface area (Å²) >= 11 is 0. The number of ether oxygens (including phenoxy) is 5. The van der Waals surface area contributed by atoms with Gasteiger partial charge in [0, 0.05) is 56.8 Å². The highest BCUT2D eigenvalue weighted by Gasteiger charge is 2.53. The molecule has 18 heteroatoms. The zero-order valence-electron chi connectivity index (χ0n) is 44.3. The number of esters is 1. The molecule has 0 spiro atoms. The first kappa shape index (κ1) is 60.3. The van der Waals surface area contributed by atoms with E-state index in [0.29, 0.717) is 74.6 Å². The number of piperidine rings is 1. The molecule has 1 aromatic rings. The number of carbonyl (C=O) groups excluding carboxylic acids is 4. The van der Waals surface area contributed by atoms with Gasteiger partial charge in [-0.1, -0.05) is 70.2 Å². The molecule has 5 rings (SSSR count). The summed E-state index contributed by atoms with van der Waals surface area (Å²) in [5.74, 6) is -7.86. The highest BCUT2D eigenvalue weighted by atomic mass is 19.4. The maximum absolute atomic E-state index is 14.5. The van der Waals surface area contributed by atoms with Gasteiger partial charge in [-0.3, -0.25) is 19.4 Å². The standard InChI is InChI=1S/C56H80F3N3O12/c1-33-15-10-9-11-16-34(2)44(61-41-17-14-18-42(31-41)74-56(57,58)59)32-43-23-20-38(6)55(69,73-43)52(66)53(67)62-26-13-12-19-45(62)54(68)72-47(35(3)28-39-21-24-46(63)48(30-39)70-7)25-22-40(60)29-37(5)50(65)51(71-8)49(64)36(4)27-33/h9-11,14-18,29,31,33,35-36,38-40,43,45-48,50-51,63,65,69H,12-13,19-28,30,32,60H2,1-8H3/b11-9+,15-10+,34-16+,37-29+,61-44?/t33-,35-,36-,38-,39+,40+,43+,45+,46-,47+,48-,50-,51+,55-/m1/s1. The van der Waals surface area contributed by atoms with Gasteiger partial charge in [0.25, 0.3) is 11.7 Å². The number of nitrogens with zero attached hydrogens (tertiary/aromatic N) is 2. The molecule has 1 aromatic carbocycles. The predicted molar refractivity (Wildman–Crippen MR) is 273 cm³/mol. The third kappa shape index (κ3) is 16.7. The van der Waals surface area contributed by atoms with Crippen molar-refractivity contribution in [3.63, 3.8) is 0 Å². The van der Waals surface area contributed by atoms with E-state index in [1.807, 2.05) is 26.0 Å². The van der Waals surface area contributed by atoms with Gasteiger partial charge in [0.15, 0.2) is 5.78 Å². The zero-order chi connectivity index (χ0) is 54.5. The molecule has 0 aromatic heterocycles. The summed E-state index contributed by atoms with van der Waals surface area (Å²) in [6, 6.07) is 3.37. The zero-order valence-corrected chi connectivity index (χ0v) is 44.3. The van der Waals surface area contributed by atoms with Crippen LogP contribution in [0.4, 0.5) is 18.9 Å². The van der Waals surface area contributed by atoms with Crippen molar-refractivity contribution in [3.05, 3.63) is 71.9 Å². The van der Waals surface area contributed by atoms with Crippen molar-refractivity contribution in [2.45, 2.75) is 186 Å². The quantitative estimate of drug-likeness (QED) is 0.115. The molecular weight excluding hydrogens is 964 g/mol. The Hall–Kier alpha value is -4.56. The molecule has 3 fully saturated rings. The number of cyclic esters (lactones) is 1. The number of fused-ring (bicyclic) bond motifs is 3. The fraction of sp³-hybridized carbons (Fsp3) is 0.661. The van der Waals surface area contributed by atoms with Crippen molar-refractivity contribution in [2.24, 2.45) is 40.3 Å². The minimum atomic E-state index is -4.94. The molecule has 5 N–H and O–H groups in total. The van der Waals surface area contributed by atoms with Gasteiger partial charge >= 0.3 is 12.3 Å². The molecule has 0 unspecified atom stereocenters. The van der Waals surface area contributed by atoms with Crippen LogP contribution in [0, 0.1) is 29.6 Å². The molecule has 14 atom stereocenters. The van der Waals surface area contributed by atoms with Crippen LogP contribution in [-0.4, -0.2) is 131 Å². The third-order valence-electron chi connectivity index (χ3n) is 15.2. The fourth-order valence-corrected chi connectivity index (χ4v) is 10.8. The third-order valence-corrected chi connectivity index (χ3v) is 15.2. The Bertz CT molecular complexity index is 2230. The number of aliphatic imine (C=N–C) groups is 1. The van der Waals surface area contributed by atoms with E-state index < -0.39 is 90.0 Å². The first-order valence-electron chi connectivity index (χ1n) is 26.2. The summed E-state index contributed by atoms with van der Waals surface area (Å²) in [4.78, 5) is 63.0. The highest BCUT2D eigenvalue weighted by molar-refractivity contribution is 6.39. The smallest absolute Gasteiger partial charge is 0.461 e. The average molecular weight is 1040 g/mol. The molecule has 74 heavy (non-hydrogen) atoms. The summed E-state index contributed by atoms with van der Waals surface area (Å²) in [5.41, 5.74) is 8.19. The van der Waals surface area contributed by atoms with E-state index in [1.54, 1.807) is 59.1 Å². The van der Waals surface area contributed by atoms with Crippen LogP contribution in [0.3, 0.4) is 0 Å². The second-order valence-corrected chi connectivity index (χ2v) is 21.2. The van der Waals surface area contributed by atoms with E-state index >= 15 is 0 Å². The number of hydrogen-bond donors (Lipinski definition) is 4. The minimum absolute atomic E-state index is 0.0164. The van der Waals surface area contributed by atoms with Crippen LogP contribution in [0.5, 0.6) is 5.75 Å². The topological polar surface area (TPSA) is 217 Å². The van der Waals surface area contributed by atoms with Crippen LogP contribution >= 0.6 is 0 Å². The molecule has 2 saturated heterocycles. The lowest BCUT2D eigenvalue weighted by Gasteiger charge is -2.42. The molecule has 1 amide bonds. The first-order valence-corrected chi connectivity index (χ1v) is 26.2. The van der Waals surface area contributed by atoms with Gasteiger partial charge in [0.05, 0.1) is 24.0 Å². The molecule has 2 bridgehead atoms. The van der Waals surface area contributed by atoms with Crippen LogP contribution in [-0.2, 0) is 38.1 Å². The SMILES string of the molecule is CO[C@@H]1C[C@H](C[C@@H](C)[C@@H]2CC[C@H](N)/C=C(\C)[C@@H](O)[C@@H](OC)C(=O)[C@H](C)C[C@H](C)/C=C/C=C/C=C(\C)C(=Nc3cccc(OC(F)(F)F)c3)C[C@@H]3CC[C@@H](C)[C@@](O)(O3)C(=O)C(=O)N3CCCC[C@H]3C(=O)O2)CC[C@H]1O. The van der Waals surface area contributed by atoms with Crippen molar-refractivity contribution < 1.29 is 71.4 Å². The fourth-order valence-electron chi connectivity index (χ4n) is 10.8. The number of rotatable bonds is 7. The number of aliphatic hydroxyl groups excluding tert-OH is 2. The van der Waals surface area contributed by atoms with E-state index in [2.05, 4.69) is 4.74 Å². The maximum Gasteiger partial charge on any atom is 0.573 e. The summed E-state index contributed by atoms with van der Waals surface area (Å²) in [5, 5.41) is 34.2. The number of allylic oxidation sites excluding steroid dienone is 6. The summed E-state index contributed by atoms with van der Waals surface area (Å²) in [7, 11) is 2.94. The maximum atomic E-state index is 14.5. The molecule has 412 valence electrons. The molecule has 3 heterocycles. The molecule has 1 saturated carbocycles. The van der Waals surface area contributed by atoms with E-state index in [1.165, 1.54) is 24.1 Å². The largest absolute Gasteiger partial charge is 0.573 e. The Morgan fingerprint density at radius 2 is 1.68 bits per heavy atom. The van der Waals surface area contributed by atoms with Gasteiger partial charge < -0.3 is 49.6 Å². The Labute approximate surface area is 434 Å². The van der Waals surface area contributed by atoms with Crippen LogP contribution in [0.25, 0.3) is 0 Å². The molecule has 1 aliphatic carbocycles. The van der Waals surface area contributed by atoms with Crippen LogP contribution in [0.15, 0.2) is 76.9 Å². The lowest BCUT2D eigenvalue weighted by molar-refractivity contribution is -0.274. The molecule has 4 aliphatic rings. The number of benzene rings is 1. The lowest BCUT2D eigenvalue weighted by atomic mass is 9.78. The van der Waals surface area contributed by atoms with Crippen LogP contribution in [0.1, 0.15) is 125 Å². The number of nitrogens with two attached hydrogens (primary N) is 1. The van der Waals surface area contributed by atoms with Gasteiger partial charge in [-0.15, -0.1) is 13.2 Å². The van der Waals surface area contributed by atoms with Gasteiger partial charge in [-0.25, -0.2) is 4.79 Å². The number of halogens is 3. The predicted octanol–water partition coefficient (Wildman–Crippen LogP) is 8.35. The number of Topliss-reactive ketones (excluding diaryl/α,β-unsaturated/α-hetero) is 2. The second kappa shape index (κ2) is 27.5. The lowest BCUT2D eigenvalue weighted by Crippen LogP contribution is -2.60. The Morgan fingerprint density at radius 1 is 0.932 bits per heavy atom. The molecular formula is C56H80F3N3O12. The number of aliphatic hydroxyl groups is 3. The Kier molecular flexibility index (Phi) is 22.4. The average Bonchev–Trinajstić information content (AvgIpc) is 3.35. The van der Waals surface area contributed by atoms with E-state index in [9.17, 15) is 47.7 Å². The number of hydrogen-bond acceptors (Lipinski definition) is 14. The van der Waals surface area contributed by atoms with Crippen molar-refractivity contribution >= 4 is 34.8 Å². The van der Waals surface area contributed by atoms with E-state index in [0.717, 1.165) is 18.6 Å². The van der Waals surface area contributed by atoms with E-state index in [-0.39, 0.29) is 61.1 Å². The van der Waals surface area contributed by atoms with Crippen molar-refractivity contribution in [2.75, 3.05) is 20.8 Å². The second-order valence-electron chi connectivity index (χ2n) is 21.2. The minimum Gasteiger partial charge on any atom is -0.461 e. The Morgan fingerprint density at radius 3 is 2.38 bits per heavy atom. The number of carbonyl (C=O) groups is 4. The molecule has 15 nitrogen and oxygen atoms in total. The highest BCUT2D eigenvalue weighted by Crippen LogP contribution is 2.38. The number of amides is 1. The summed E-state index contributed by atoms with van der Waals surface area (Å²) in [6.45, 7) is 10.8. The Balaban J connectivity index is 1.51. The van der Waals surface area contributed by atoms with Gasteiger partial charge in [-0.2, -0.15) is 0 Å². The number of alkyl halides is 3. The molecule has 3 aliphatic heterocycles. The normalized spacial score (nSPS) is 36.6. The van der Waals surface area contributed by atoms with Crippen LogP contribution < -0.4 is 10.5 Å².